The molecule has 0 radical (unpaired) electrons. The smallest absolute Gasteiger partial charge is 0.289 e. The van der Waals surface area contributed by atoms with E-state index in [2.05, 4.69) is 47.2 Å². The Kier molecular flexibility index (Phi) is 4.74. The van der Waals surface area contributed by atoms with E-state index in [4.69, 9.17) is 0 Å². The van der Waals surface area contributed by atoms with Crippen molar-refractivity contribution in [3.63, 3.8) is 0 Å². The number of carbonyl (C=O) groups is 1. The van der Waals surface area contributed by atoms with Crippen molar-refractivity contribution in [1.82, 2.24) is 25.2 Å². The van der Waals surface area contributed by atoms with E-state index in [0.29, 0.717) is 12.2 Å². The van der Waals surface area contributed by atoms with Gasteiger partial charge in [0.2, 0.25) is 5.82 Å². The van der Waals surface area contributed by atoms with E-state index in [1.807, 2.05) is 20.2 Å². The highest BCUT2D eigenvalue weighted by Crippen LogP contribution is 2.21. The lowest BCUT2D eigenvalue weighted by Crippen LogP contribution is -2.24. The molecule has 3 heterocycles. The summed E-state index contributed by atoms with van der Waals surface area (Å²) in [7, 11) is 4.07. The van der Waals surface area contributed by atoms with Crippen LogP contribution in [-0.4, -0.2) is 39.9 Å². The molecule has 0 fully saturated rings. The fourth-order valence-corrected chi connectivity index (χ4v) is 3.63. The van der Waals surface area contributed by atoms with Crippen molar-refractivity contribution in [2.24, 2.45) is 0 Å². The molecule has 0 aliphatic heterocycles. The molecule has 0 aliphatic rings. The highest BCUT2D eigenvalue weighted by atomic mass is 79.9. The Morgan fingerprint density at radius 1 is 1.39 bits per heavy atom. The molecule has 3 aromatic heterocycles. The number of amides is 1. The van der Waals surface area contributed by atoms with Gasteiger partial charge in [0.1, 0.15) is 5.65 Å². The summed E-state index contributed by atoms with van der Waals surface area (Å²) in [6, 6.07) is 4.13. The van der Waals surface area contributed by atoms with Crippen molar-refractivity contribution in [2.75, 3.05) is 14.1 Å². The van der Waals surface area contributed by atoms with E-state index in [0.717, 1.165) is 21.3 Å². The van der Waals surface area contributed by atoms with Gasteiger partial charge in [0, 0.05) is 33.2 Å². The van der Waals surface area contributed by atoms with E-state index in [1.54, 1.807) is 23.7 Å². The lowest BCUT2D eigenvalue weighted by molar-refractivity contribution is 0.0941. The number of hydrogen-bond donors (Lipinski definition) is 2. The van der Waals surface area contributed by atoms with E-state index in [1.165, 1.54) is 4.88 Å². The minimum atomic E-state index is -0.278. The van der Waals surface area contributed by atoms with Gasteiger partial charge in [0.15, 0.2) is 0 Å². The SMILES string of the molecule is CN(C)Cc1ccc(CNC(=O)c2ncc3c(Br)c[nH]c3n2)s1. The molecular formula is C15H16BrN5OS. The predicted octanol–water partition coefficient (Wildman–Crippen LogP) is 2.77. The summed E-state index contributed by atoms with van der Waals surface area (Å²) in [4.78, 5) is 28.0. The maximum Gasteiger partial charge on any atom is 0.289 e. The molecule has 3 rings (SSSR count). The van der Waals surface area contributed by atoms with Gasteiger partial charge in [-0.1, -0.05) is 0 Å². The number of carbonyl (C=O) groups excluding carboxylic acids is 1. The van der Waals surface area contributed by atoms with Crippen molar-refractivity contribution < 1.29 is 4.79 Å². The summed E-state index contributed by atoms with van der Waals surface area (Å²) < 4.78 is 0.881. The second-order valence-electron chi connectivity index (χ2n) is 5.38. The summed E-state index contributed by atoms with van der Waals surface area (Å²) in [5.41, 5.74) is 0.640. The summed E-state index contributed by atoms with van der Waals surface area (Å²) >= 11 is 5.09. The number of aromatic amines is 1. The Morgan fingerprint density at radius 2 is 2.17 bits per heavy atom. The molecule has 8 heteroatoms. The first kappa shape index (κ1) is 16.1. The van der Waals surface area contributed by atoms with Crippen molar-refractivity contribution >= 4 is 44.2 Å². The van der Waals surface area contributed by atoms with Crippen LogP contribution in [0.25, 0.3) is 11.0 Å². The molecule has 3 aromatic rings. The Morgan fingerprint density at radius 3 is 2.96 bits per heavy atom. The third kappa shape index (κ3) is 3.77. The zero-order chi connectivity index (χ0) is 16.4. The van der Waals surface area contributed by atoms with E-state index >= 15 is 0 Å². The molecule has 0 saturated heterocycles. The molecule has 0 atom stereocenters. The van der Waals surface area contributed by atoms with Gasteiger partial charge in [0.25, 0.3) is 5.91 Å². The first-order chi connectivity index (χ1) is 11.0. The zero-order valence-corrected chi connectivity index (χ0v) is 15.2. The summed E-state index contributed by atoms with van der Waals surface area (Å²) in [5, 5.41) is 3.72. The van der Waals surface area contributed by atoms with Gasteiger partial charge in [-0.25, -0.2) is 9.97 Å². The zero-order valence-electron chi connectivity index (χ0n) is 12.8. The number of fused-ring (bicyclic) bond motifs is 1. The van der Waals surface area contributed by atoms with E-state index in [-0.39, 0.29) is 11.7 Å². The van der Waals surface area contributed by atoms with Crippen LogP contribution in [0, 0.1) is 0 Å². The monoisotopic (exact) mass is 393 g/mol. The predicted molar refractivity (Wildman–Crippen MR) is 94.5 cm³/mol. The highest BCUT2D eigenvalue weighted by Gasteiger charge is 2.12. The van der Waals surface area contributed by atoms with Crippen molar-refractivity contribution in [3.8, 4) is 0 Å². The molecule has 1 amide bonds. The fraction of sp³-hybridized carbons (Fsp3) is 0.267. The highest BCUT2D eigenvalue weighted by molar-refractivity contribution is 9.10. The molecule has 0 aromatic carbocycles. The lowest BCUT2D eigenvalue weighted by atomic mass is 10.4. The van der Waals surface area contributed by atoms with Crippen molar-refractivity contribution in [1.29, 1.82) is 0 Å². The Hall–Kier alpha value is -1.77. The van der Waals surface area contributed by atoms with Gasteiger partial charge < -0.3 is 15.2 Å². The van der Waals surface area contributed by atoms with Gasteiger partial charge in [-0.05, 0) is 42.2 Å². The number of aromatic nitrogens is 3. The molecule has 0 spiro atoms. The third-order valence-corrected chi connectivity index (χ3v) is 4.92. The summed E-state index contributed by atoms with van der Waals surface area (Å²) in [6.07, 6.45) is 3.41. The van der Waals surface area contributed by atoms with Crippen LogP contribution in [0.4, 0.5) is 0 Å². The Labute approximate surface area is 146 Å². The van der Waals surface area contributed by atoms with Crippen molar-refractivity contribution in [2.45, 2.75) is 13.1 Å². The number of H-pyrrole nitrogens is 1. The van der Waals surface area contributed by atoms with Crippen LogP contribution in [0.5, 0.6) is 0 Å². The molecule has 2 N–H and O–H groups in total. The van der Waals surface area contributed by atoms with Crippen molar-refractivity contribution in [3.05, 3.63) is 44.6 Å². The molecule has 23 heavy (non-hydrogen) atoms. The molecule has 0 bridgehead atoms. The number of thiophene rings is 1. The minimum Gasteiger partial charge on any atom is -0.345 e. The van der Waals surface area contributed by atoms with Gasteiger partial charge in [-0.3, -0.25) is 4.79 Å². The van der Waals surface area contributed by atoms with Gasteiger partial charge in [-0.15, -0.1) is 11.3 Å². The molecule has 0 aliphatic carbocycles. The quantitative estimate of drug-likeness (QED) is 0.698. The standard InChI is InChI=1S/C15H16BrN5OS/c1-21(2)8-10-4-3-9(23-10)5-19-15(22)14-17-6-11-12(16)7-18-13(11)20-14/h3-4,6-7H,5,8H2,1-2H3,(H,19,22)(H,17,18,20). The third-order valence-electron chi connectivity index (χ3n) is 3.20. The average molecular weight is 394 g/mol. The number of rotatable bonds is 5. The van der Waals surface area contributed by atoms with Crippen LogP contribution in [0.15, 0.2) is 29.0 Å². The number of halogens is 1. The van der Waals surface area contributed by atoms with Crippen LogP contribution < -0.4 is 5.32 Å². The van der Waals surface area contributed by atoms with Crippen LogP contribution in [0.2, 0.25) is 0 Å². The fourth-order valence-electron chi connectivity index (χ4n) is 2.15. The molecular weight excluding hydrogens is 378 g/mol. The van der Waals surface area contributed by atoms with E-state index in [9.17, 15) is 4.79 Å². The second kappa shape index (κ2) is 6.77. The Balaban J connectivity index is 1.65. The molecule has 120 valence electrons. The molecule has 6 nitrogen and oxygen atoms in total. The van der Waals surface area contributed by atoms with Crippen LogP contribution in [0.1, 0.15) is 20.4 Å². The largest absolute Gasteiger partial charge is 0.345 e. The maximum absolute atomic E-state index is 12.2. The number of nitrogens with zero attached hydrogens (tertiary/aromatic N) is 3. The maximum atomic E-state index is 12.2. The van der Waals surface area contributed by atoms with E-state index < -0.39 is 0 Å². The number of hydrogen-bond acceptors (Lipinski definition) is 5. The first-order valence-corrected chi connectivity index (χ1v) is 8.64. The van der Waals surface area contributed by atoms with Crippen LogP contribution in [0.3, 0.4) is 0 Å². The summed E-state index contributed by atoms with van der Waals surface area (Å²) in [6.45, 7) is 1.38. The number of nitrogens with one attached hydrogen (secondary N) is 2. The van der Waals surface area contributed by atoms with Gasteiger partial charge in [-0.2, -0.15) is 0 Å². The second-order valence-corrected chi connectivity index (χ2v) is 7.49. The summed E-state index contributed by atoms with van der Waals surface area (Å²) in [5.74, 6) is -0.114. The first-order valence-electron chi connectivity index (χ1n) is 7.03. The van der Waals surface area contributed by atoms with Gasteiger partial charge in [0.05, 0.1) is 11.9 Å². The average Bonchev–Trinajstić information content (AvgIpc) is 3.11. The lowest BCUT2D eigenvalue weighted by Gasteiger charge is -2.06. The minimum absolute atomic E-state index is 0.164. The van der Waals surface area contributed by atoms with Gasteiger partial charge >= 0.3 is 0 Å². The molecule has 0 unspecified atom stereocenters. The topological polar surface area (TPSA) is 73.9 Å². The molecule has 0 saturated carbocycles. The van der Waals surface area contributed by atoms with Crippen LogP contribution in [-0.2, 0) is 13.1 Å². The Bertz CT molecular complexity index is 841. The van der Waals surface area contributed by atoms with Crippen LogP contribution >= 0.6 is 27.3 Å². The normalized spacial score (nSPS) is 11.3.